The highest BCUT2D eigenvalue weighted by atomic mass is 16.4. The number of hydrogen-bond acceptors (Lipinski definition) is 4. The second kappa shape index (κ2) is 7.96. The summed E-state index contributed by atoms with van der Waals surface area (Å²) in [5.74, 6) is -0.992. The molecule has 1 atom stereocenters. The molecule has 1 aliphatic heterocycles. The molecule has 2 amide bonds. The predicted molar refractivity (Wildman–Crippen MR) is 70.0 cm³/mol. The molecule has 110 valence electrons. The fourth-order valence-electron chi connectivity index (χ4n) is 2.10. The van der Waals surface area contributed by atoms with E-state index in [4.69, 9.17) is 10.2 Å². The van der Waals surface area contributed by atoms with Crippen LogP contribution < -0.4 is 5.32 Å². The molecule has 7 heteroatoms. The van der Waals surface area contributed by atoms with Gasteiger partial charge in [0.1, 0.15) is 6.04 Å². The van der Waals surface area contributed by atoms with Gasteiger partial charge in [-0.25, -0.2) is 9.59 Å². The standard InChI is InChI=1S/C12H23N3O4/c1-2-3-10(11(17)18)13-12(19)15-6-4-14(5-7-15)8-9-16/h10,16H,2-9H2,1H3,(H,13,19)(H,17,18)/t10-/m1/s1. The highest BCUT2D eigenvalue weighted by molar-refractivity contribution is 5.82. The second-order valence-electron chi connectivity index (χ2n) is 4.68. The first-order chi connectivity index (χ1) is 9.08. The van der Waals surface area contributed by atoms with Crippen LogP contribution >= 0.6 is 0 Å². The molecule has 0 aromatic rings. The minimum Gasteiger partial charge on any atom is -0.480 e. The van der Waals surface area contributed by atoms with Crippen molar-refractivity contribution >= 4 is 12.0 Å². The number of carbonyl (C=O) groups excluding carboxylic acids is 1. The van der Waals surface area contributed by atoms with Crippen LogP contribution in [0.3, 0.4) is 0 Å². The number of nitrogens with zero attached hydrogens (tertiary/aromatic N) is 2. The zero-order valence-corrected chi connectivity index (χ0v) is 11.3. The Bertz CT molecular complexity index is 303. The Morgan fingerprint density at radius 3 is 2.37 bits per heavy atom. The lowest BCUT2D eigenvalue weighted by Gasteiger charge is -2.34. The summed E-state index contributed by atoms with van der Waals surface area (Å²) in [6, 6.07) is -1.13. The zero-order chi connectivity index (χ0) is 14.3. The third-order valence-electron chi connectivity index (χ3n) is 3.25. The lowest BCUT2D eigenvalue weighted by molar-refractivity contribution is -0.139. The van der Waals surface area contributed by atoms with E-state index in [0.29, 0.717) is 45.6 Å². The van der Waals surface area contributed by atoms with Crippen LogP contribution in [0.1, 0.15) is 19.8 Å². The van der Waals surface area contributed by atoms with Crippen molar-refractivity contribution in [3.05, 3.63) is 0 Å². The molecule has 1 heterocycles. The van der Waals surface area contributed by atoms with E-state index in [2.05, 4.69) is 10.2 Å². The smallest absolute Gasteiger partial charge is 0.326 e. The Morgan fingerprint density at radius 1 is 1.26 bits per heavy atom. The molecule has 0 aliphatic carbocycles. The number of nitrogens with one attached hydrogen (secondary N) is 1. The van der Waals surface area contributed by atoms with Gasteiger partial charge in [-0.2, -0.15) is 0 Å². The van der Waals surface area contributed by atoms with E-state index in [1.54, 1.807) is 4.90 Å². The zero-order valence-electron chi connectivity index (χ0n) is 11.3. The average Bonchev–Trinajstić information content (AvgIpc) is 2.39. The molecule has 0 spiro atoms. The molecule has 1 aliphatic rings. The number of piperazine rings is 1. The number of rotatable bonds is 6. The summed E-state index contributed by atoms with van der Waals surface area (Å²) in [6.07, 6.45) is 1.15. The SMILES string of the molecule is CCC[C@@H](NC(=O)N1CCN(CCO)CC1)C(=O)O. The molecule has 3 N–H and O–H groups in total. The van der Waals surface area contributed by atoms with E-state index in [9.17, 15) is 9.59 Å². The van der Waals surface area contributed by atoms with Gasteiger partial charge in [0.25, 0.3) is 0 Å². The Balaban J connectivity index is 2.39. The second-order valence-corrected chi connectivity index (χ2v) is 4.68. The van der Waals surface area contributed by atoms with Crippen molar-refractivity contribution in [2.75, 3.05) is 39.3 Å². The van der Waals surface area contributed by atoms with Gasteiger partial charge in [0.05, 0.1) is 6.61 Å². The molecule has 0 radical (unpaired) electrons. The molecule has 0 unspecified atom stereocenters. The van der Waals surface area contributed by atoms with Crippen LogP contribution in [0.25, 0.3) is 0 Å². The maximum Gasteiger partial charge on any atom is 0.326 e. The highest BCUT2D eigenvalue weighted by Crippen LogP contribution is 2.04. The van der Waals surface area contributed by atoms with E-state index in [1.165, 1.54) is 0 Å². The molecule has 1 saturated heterocycles. The molecule has 19 heavy (non-hydrogen) atoms. The number of amides is 2. The largest absolute Gasteiger partial charge is 0.480 e. The lowest BCUT2D eigenvalue weighted by Crippen LogP contribution is -2.54. The Hall–Kier alpha value is -1.34. The summed E-state index contributed by atoms with van der Waals surface area (Å²) in [4.78, 5) is 26.6. The number of carboxylic acids is 1. The first kappa shape index (κ1) is 15.7. The van der Waals surface area contributed by atoms with Crippen molar-refractivity contribution in [2.24, 2.45) is 0 Å². The molecule has 0 aromatic heterocycles. The van der Waals surface area contributed by atoms with Crippen molar-refractivity contribution in [3.8, 4) is 0 Å². The van der Waals surface area contributed by atoms with Gasteiger partial charge in [-0.1, -0.05) is 13.3 Å². The minimum atomic E-state index is -0.992. The molecule has 0 aromatic carbocycles. The number of β-amino-alcohol motifs (C(OH)–C–C–N with tert-alkyl or cyclic N) is 1. The number of urea groups is 1. The van der Waals surface area contributed by atoms with Gasteiger partial charge in [0.15, 0.2) is 0 Å². The number of aliphatic carboxylic acids is 1. The number of hydrogen-bond donors (Lipinski definition) is 3. The van der Waals surface area contributed by atoms with Gasteiger partial charge < -0.3 is 20.4 Å². The third kappa shape index (κ3) is 5.04. The molecular formula is C12H23N3O4. The molecule has 0 bridgehead atoms. The van der Waals surface area contributed by atoms with Crippen LogP contribution in [0, 0.1) is 0 Å². The van der Waals surface area contributed by atoms with Crippen LogP contribution in [0.4, 0.5) is 4.79 Å². The van der Waals surface area contributed by atoms with E-state index in [0.717, 1.165) is 0 Å². The van der Waals surface area contributed by atoms with Gasteiger partial charge in [-0.15, -0.1) is 0 Å². The summed E-state index contributed by atoms with van der Waals surface area (Å²) < 4.78 is 0. The topological polar surface area (TPSA) is 93.1 Å². The van der Waals surface area contributed by atoms with E-state index in [1.807, 2.05) is 6.92 Å². The fourth-order valence-corrected chi connectivity index (χ4v) is 2.10. The van der Waals surface area contributed by atoms with Crippen molar-refractivity contribution < 1.29 is 19.8 Å². The van der Waals surface area contributed by atoms with Gasteiger partial charge in [-0.3, -0.25) is 4.90 Å². The van der Waals surface area contributed by atoms with Gasteiger partial charge in [0.2, 0.25) is 0 Å². The minimum absolute atomic E-state index is 0.115. The Kier molecular flexibility index (Phi) is 6.58. The summed E-state index contributed by atoms with van der Waals surface area (Å²) in [7, 11) is 0. The average molecular weight is 273 g/mol. The lowest BCUT2D eigenvalue weighted by atomic mass is 10.2. The van der Waals surface area contributed by atoms with Crippen LogP contribution in [0.5, 0.6) is 0 Å². The molecule has 1 fully saturated rings. The summed E-state index contributed by atoms with van der Waals surface area (Å²) in [6.45, 7) is 5.15. The first-order valence-electron chi connectivity index (χ1n) is 6.70. The van der Waals surface area contributed by atoms with Crippen LogP contribution in [-0.2, 0) is 4.79 Å². The maximum atomic E-state index is 11.9. The normalized spacial score (nSPS) is 18.1. The number of carbonyl (C=O) groups is 2. The summed E-state index contributed by atoms with van der Waals surface area (Å²) in [5.41, 5.74) is 0. The van der Waals surface area contributed by atoms with Crippen LogP contribution in [0.2, 0.25) is 0 Å². The molecular weight excluding hydrogens is 250 g/mol. The number of aliphatic hydroxyl groups is 1. The fraction of sp³-hybridized carbons (Fsp3) is 0.833. The van der Waals surface area contributed by atoms with Crippen molar-refractivity contribution in [1.29, 1.82) is 0 Å². The van der Waals surface area contributed by atoms with E-state index >= 15 is 0 Å². The van der Waals surface area contributed by atoms with Gasteiger partial charge in [-0.05, 0) is 6.42 Å². The number of aliphatic hydroxyl groups excluding tert-OH is 1. The predicted octanol–water partition coefficient (Wildman–Crippen LogP) is -0.441. The van der Waals surface area contributed by atoms with E-state index in [-0.39, 0.29) is 12.6 Å². The van der Waals surface area contributed by atoms with Crippen molar-refractivity contribution in [2.45, 2.75) is 25.8 Å². The monoisotopic (exact) mass is 273 g/mol. The van der Waals surface area contributed by atoms with Gasteiger partial charge in [0, 0.05) is 32.7 Å². The third-order valence-corrected chi connectivity index (χ3v) is 3.25. The summed E-state index contributed by atoms with van der Waals surface area (Å²) >= 11 is 0. The van der Waals surface area contributed by atoms with Crippen molar-refractivity contribution in [1.82, 2.24) is 15.1 Å². The quantitative estimate of drug-likeness (QED) is 0.610. The van der Waals surface area contributed by atoms with Gasteiger partial charge >= 0.3 is 12.0 Å². The molecule has 0 saturated carbocycles. The molecule has 7 nitrogen and oxygen atoms in total. The van der Waals surface area contributed by atoms with Crippen LogP contribution in [0.15, 0.2) is 0 Å². The summed E-state index contributed by atoms with van der Waals surface area (Å²) in [5, 5.41) is 20.4. The Morgan fingerprint density at radius 2 is 1.89 bits per heavy atom. The van der Waals surface area contributed by atoms with E-state index < -0.39 is 12.0 Å². The molecule has 1 rings (SSSR count). The number of carboxylic acid groups (broad SMARTS) is 1. The van der Waals surface area contributed by atoms with Crippen molar-refractivity contribution in [3.63, 3.8) is 0 Å². The maximum absolute atomic E-state index is 11.9. The highest BCUT2D eigenvalue weighted by Gasteiger charge is 2.25. The Labute approximate surface area is 113 Å². The first-order valence-corrected chi connectivity index (χ1v) is 6.70. The van der Waals surface area contributed by atoms with Crippen LogP contribution in [-0.4, -0.2) is 77.4 Å².